The van der Waals surface area contributed by atoms with Gasteiger partial charge >= 0.3 is 0 Å². The minimum Gasteiger partial charge on any atom is -0.379 e. The summed E-state index contributed by atoms with van der Waals surface area (Å²) in [5.41, 5.74) is 2.41. The number of sulfone groups is 1. The standard InChI is InChI=1S/C15H25N3O3S/c1-13-5-4-6-14(11-13)12-18-15(16-2)17-7-8-21-9-10-22(3,19)20/h4-6,11H,7-10,12H2,1-3H3,(H2,16,17,18). The van der Waals surface area contributed by atoms with Gasteiger partial charge in [0.2, 0.25) is 0 Å². The topological polar surface area (TPSA) is 79.8 Å². The van der Waals surface area contributed by atoms with E-state index in [9.17, 15) is 8.42 Å². The largest absolute Gasteiger partial charge is 0.379 e. The van der Waals surface area contributed by atoms with E-state index >= 15 is 0 Å². The normalized spacial score (nSPS) is 12.2. The second-order valence-electron chi connectivity index (χ2n) is 5.08. The van der Waals surface area contributed by atoms with Crippen LogP contribution in [0.2, 0.25) is 0 Å². The van der Waals surface area contributed by atoms with E-state index in [4.69, 9.17) is 4.74 Å². The second kappa shape index (κ2) is 9.42. The first-order valence-corrected chi connectivity index (χ1v) is 9.22. The summed E-state index contributed by atoms with van der Waals surface area (Å²) in [5, 5.41) is 6.33. The van der Waals surface area contributed by atoms with Crippen LogP contribution < -0.4 is 10.6 Å². The van der Waals surface area contributed by atoms with Crippen LogP contribution in [-0.2, 0) is 21.1 Å². The average Bonchev–Trinajstić information content (AvgIpc) is 2.44. The van der Waals surface area contributed by atoms with Crippen molar-refractivity contribution in [1.82, 2.24) is 10.6 Å². The van der Waals surface area contributed by atoms with Gasteiger partial charge in [-0.05, 0) is 12.5 Å². The highest BCUT2D eigenvalue weighted by Gasteiger charge is 2.02. The van der Waals surface area contributed by atoms with E-state index in [0.29, 0.717) is 25.7 Å². The van der Waals surface area contributed by atoms with Gasteiger partial charge in [0.1, 0.15) is 9.84 Å². The van der Waals surface area contributed by atoms with Crippen LogP contribution in [0.3, 0.4) is 0 Å². The lowest BCUT2D eigenvalue weighted by molar-refractivity contribution is 0.154. The van der Waals surface area contributed by atoms with Gasteiger partial charge < -0.3 is 15.4 Å². The van der Waals surface area contributed by atoms with E-state index in [-0.39, 0.29) is 12.4 Å². The highest BCUT2D eigenvalue weighted by Crippen LogP contribution is 2.02. The molecule has 0 spiro atoms. The lowest BCUT2D eigenvalue weighted by atomic mass is 10.1. The number of aliphatic imine (C=N–C) groups is 1. The van der Waals surface area contributed by atoms with E-state index in [0.717, 1.165) is 0 Å². The van der Waals surface area contributed by atoms with Gasteiger partial charge in [-0.3, -0.25) is 4.99 Å². The third-order valence-corrected chi connectivity index (χ3v) is 3.81. The predicted molar refractivity (Wildman–Crippen MR) is 89.9 cm³/mol. The summed E-state index contributed by atoms with van der Waals surface area (Å²) in [6.45, 7) is 3.97. The Balaban J connectivity index is 2.20. The van der Waals surface area contributed by atoms with Crippen LogP contribution in [0.1, 0.15) is 11.1 Å². The summed E-state index contributed by atoms with van der Waals surface area (Å²) in [4.78, 5) is 4.13. The molecule has 0 unspecified atom stereocenters. The molecule has 22 heavy (non-hydrogen) atoms. The summed E-state index contributed by atoms with van der Waals surface area (Å²) in [5.74, 6) is 0.737. The number of rotatable bonds is 8. The van der Waals surface area contributed by atoms with Crippen molar-refractivity contribution in [2.75, 3.05) is 38.8 Å². The van der Waals surface area contributed by atoms with Crippen molar-refractivity contribution >= 4 is 15.8 Å². The first-order valence-electron chi connectivity index (χ1n) is 7.16. The van der Waals surface area contributed by atoms with Crippen LogP contribution >= 0.6 is 0 Å². The lowest BCUT2D eigenvalue weighted by Gasteiger charge is -2.12. The number of hydrogen-bond acceptors (Lipinski definition) is 4. The Morgan fingerprint density at radius 3 is 2.68 bits per heavy atom. The molecule has 0 aliphatic carbocycles. The number of nitrogens with zero attached hydrogens (tertiary/aromatic N) is 1. The molecule has 0 atom stereocenters. The predicted octanol–water partition coefficient (Wildman–Crippen LogP) is 0.721. The lowest BCUT2D eigenvalue weighted by Crippen LogP contribution is -2.38. The van der Waals surface area contributed by atoms with E-state index < -0.39 is 9.84 Å². The maximum atomic E-state index is 10.9. The summed E-state index contributed by atoms with van der Waals surface area (Å²) in [7, 11) is -1.25. The van der Waals surface area contributed by atoms with Crippen molar-refractivity contribution in [1.29, 1.82) is 0 Å². The van der Waals surface area contributed by atoms with Gasteiger partial charge in [-0.2, -0.15) is 0 Å². The van der Waals surface area contributed by atoms with Crippen molar-refractivity contribution in [3.63, 3.8) is 0 Å². The van der Waals surface area contributed by atoms with Crippen LogP contribution in [0.25, 0.3) is 0 Å². The minimum absolute atomic E-state index is 0.0489. The third-order valence-electron chi connectivity index (χ3n) is 2.90. The smallest absolute Gasteiger partial charge is 0.191 e. The Morgan fingerprint density at radius 1 is 1.27 bits per heavy atom. The molecule has 0 radical (unpaired) electrons. The van der Waals surface area contributed by atoms with E-state index in [1.807, 2.05) is 6.07 Å². The molecule has 0 aromatic heterocycles. The summed E-state index contributed by atoms with van der Waals surface area (Å²) in [6.07, 6.45) is 1.20. The van der Waals surface area contributed by atoms with Crippen molar-refractivity contribution < 1.29 is 13.2 Å². The minimum atomic E-state index is -2.96. The number of ether oxygens (including phenoxy) is 1. The van der Waals surface area contributed by atoms with Gasteiger partial charge in [0, 0.05) is 26.4 Å². The molecule has 1 aromatic rings. The second-order valence-corrected chi connectivity index (χ2v) is 7.34. The molecular weight excluding hydrogens is 302 g/mol. The zero-order valence-corrected chi connectivity index (χ0v) is 14.2. The van der Waals surface area contributed by atoms with Gasteiger partial charge in [0.15, 0.2) is 5.96 Å². The van der Waals surface area contributed by atoms with Gasteiger partial charge in [-0.25, -0.2) is 8.42 Å². The Bertz CT molecular complexity index is 585. The Kier molecular flexibility index (Phi) is 7.90. The van der Waals surface area contributed by atoms with Gasteiger partial charge in [-0.15, -0.1) is 0 Å². The van der Waals surface area contributed by atoms with Gasteiger partial charge in [0.05, 0.1) is 19.0 Å². The van der Waals surface area contributed by atoms with E-state index in [1.165, 1.54) is 17.4 Å². The van der Waals surface area contributed by atoms with Crippen molar-refractivity contribution in [3.8, 4) is 0 Å². The average molecular weight is 327 g/mol. The summed E-state index contributed by atoms with van der Waals surface area (Å²) >= 11 is 0. The molecule has 0 aliphatic rings. The molecule has 0 saturated carbocycles. The maximum absolute atomic E-state index is 10.9. The summed E-state index contributed by atoms with van der Waals surface area (Å²) in [6, 6.07) is 8.26. The fourth-order valence-corrected chi connectivity index (χ4v) is 2.20. The van der Waals surface area contributed by atoms with Crippen molar-refractivity contribution in [2.45, 2.75) is 13.5 Å². The molecular formula is C15H25N3O3S. The number of benzene rings is 1. The highest BCUT2D eigenvalue weighted by atomic mass is 32.2. The Morgan fingerprint density at radius 2 is 2.05 bits per heavy atom. The highest BCUT2D eigenvalue weighted by molar-refractivity contribution is 7.90. The quantitative estimate of drug-likeness (QED) is 0.418. The van der Waals surface area contributed by atoms with Crippen LogP contribution in [0.5, 0.6) is 0 Å². The molecule has 1 rings (SSSR count). The van der Waals surface area contributed by atoms with Crippen molar-refractivity contribution in [3.05, 3.63) is 35.4 Å². The zero-order chi connectivity index (χ0) is 16.4. The molecule has 0 aliphatic heterocycles. The number of aryl methyl sites for hydroxylation is 1. The fourth-order valence-electron chi connectivity index (χ4n) is 1.78. The Hall–Kier alpha value is -1.60. The molecule has 0 amide bonds. The molecule has 0 bridgehead atoms. The monoisotopic (exact) mass is 327 g/mol. The van der Waals surface area contributed by atoms with Crippen LogP contribution in [-0.4, -0.2) is 53.2 Å². The molecule has 0 heterocycles. The van der Waals surface area contributed by atoms with Gasteiger partial charge in [-0.1, -0.05) is 29.8 Å². The summed E-state index contributed by atoms with van der Waals surface area (Å²) < 4.78 is 27.1. The molecule has 7 heteroatoms. The van der Waals surface area contributed by atoms with Gasteiger partial charge in [0.25, 0.3) is 0 Å². The molecule has 124 valence electrons. The van der Waals surface area contributed by atoms with E-state index in [1.54, 1.807) is 7.05 Å². The maximum Gasteiger partial charge on any atom is 0.191 e. The number of guanidine groups is 1. The molecule has 0 fully saturated rings. The Labute approximate surface area is 132 Å². The molecule has 0 saturated heterocycles. The fraction of sp³-hybridized carbons (Fsp3) is 0.533. The number of hydrogen-bond donors (Lipinski definition) is 2. The molecule has 6 nitrogen and oxygen atoms in total. The molecule has 1 aromatic carbocycles. The number of nitrogens with one attached hydrogen (secondary N) is 2. The van der Waals surface area contributed by atoms with Crippen LogP contribution in [0, 0.1) is 6.92 Å². The molecule has 2 N–H and O–H groups in total. The third kappa shape index (κ3) is 8.63. The van der Waals surface area contributed by atoms with E-state index in [2.05, 4.69) is 40.7 Å². The van der Waals surface area contributed by atoms with Crippen LogP contribution in [0.4, 0.5) is 0 Å². The zero-order valence-electron chi connectivity index (χ0n) is 13.4. The van der Waals surface area contributed by atoms with Crippen LogP contribution in [0.15, 0.2) is 29.3 Å². The first kappa shape index (κ1) is 18.4. The SMILES string of the molecule is CN=C(NCCOCCS(C)(=O)=O)NCc1cccc(C)c1. The first-order chi connectivity index (χ1) is 10.4. The van der Waals surface area contributed by atoms with Crippen molar-refractivity contribution in [2.24, 2.45) is 4.99 Å².